The predicted octanol–water partition coefficient (Wildman–Crippen LogP) is 3.54. The maximum atomic E-state index is 13.0. The van der Waals surface area contributed by atoms with Crippen molar-refractivity contribution in [1.29, 1.82) is 0 Å². The number of nitrogens with zero attached hydrogens (tertiary/aromatic N) is 4. The highest BCUT2D eigenvalue weighted by atomic mass is 32.1. The molecule has 216 valence electrons. The molecule has 9 nitrogen and oxygen atoms in total. The predicted molar refractivity (Wildman–Crippen MR) is 158 cm³/mol. The number of ether oxygens (including phenoxy) is 1. The van der Waals surface area contributed by atoms with E-state index in [0.717, 1.165) is 45.3 Å². The molecule has 2 aromatic rings. The van der Waals surface area contributed by atoms with Gasteiger partial charge in [0.25, 0.3) is 0 Å². The van der Waals surface area contributed by atoms with Crippen molar-refractivity contribution in [1.82, 2.24) is 19.7 Å². The van der Waals surface area contributed by atoms with Gasteiger partial charge in [-0.25, -0.2) is 4.98 Å². The van der Waals surface area contributed by atoms with Gasteiger partial charge in [-0.3, -0.25) is 19.3 Å². The Morgan fingerprint density at radius 1 is 1.10 bits per heavy atom. The Bertz CT molecular complexity index is 1120. The minimum atomic E-state index is -0.287. The van der Waals surface area contributed by atoms with Crippen LogP contribution in [-0.2, 0) is 25.5 Å². The van der Waals surface area contributed by atoms with Gasteiger partial charge in [-0.05, 0) is 18.4 Å². The van der Waals surface area contributed by atoms with Crippen LogP contribution in [0.25, 0.3) is 6.08 Å². The minimum Gasteiger partial charge on any atom is -0.383 e. The third-order valence-electron chi connectivity index (χ3n) is 7.49. The van der Waals surface area contributed by atoms with Crippen LogP contribution in [0.1, 0.15) is 43.4 Å². The minimum absolute atomic E-state index is 0.0106. The van der Waals surface area contributed by atoms with E-state index in [1.54, 1.807) is 12.0 Å². The first kappa shape index (κ1) is 29.9. The van der Waals surface area contributed by atoms with Gasteiger partial charge >= 0.3 is 0 Å². The van der Waals surface area contributed by atoms with E-state index in [-0.39, 0.29) is 36.6 Å². The summed E-state index contributed by atoms with van der Waals surface area (Å²) >= 11 is 1.30. The van der Waals surface area contributed by atoms with Crippen LogP contribution in [-0.4, -0.2) is 96.9 Å². The lowest BCUT2D eigenvalue weighted by Crippen LogP contribution is -2.49. The molecule has 1 aromatic carbocycles. The smallest absolute Gasteiger partial charge is 0.245 e. The zero-order valence-corrected chi connectivity index (χ0v) is 24.2. The topological polar surface area (TPSA) is 95.1 Å². The van der Waals surface area contributed by atoms with Crippen LogP contribution in [0.3, 0.4) is 0 Å². The summed E-state index contributed by atoms with van der Waals surface area (Å²) in [6.45, 7) is 4.65. The van der Waals surface area contributed by atoms with E-state index in [9.17, 15) is 14.4 Å². The number of methoxy groups -OCH3 is 1. The fourth-order valence-corrected chi connectivity index (χ4v) is 5.93. The number of thiazole rings is 1. The zero-order valence-electron chi connectivity index (χ0n) is 23.4. The van der Waals surface area contributed by atoms with E-state index in [1.807, 2.05) is 28.5 Å². The van der Waals surface area contributed by atoms with E-state index in [1.165, 1.54) is 23.3 Å². The fourth-order valence-electron chi connectivity index (χ4n) is 5.20. The Morgan fingerprint density at radius 3 is 2.58 bits per heavy atom. The van der Waals surface area contributed by atoms with Gasteiger partial charge in [0.15, 0.2) is 5.13 Å². The molecule has 3 amide bonds. The number of benzene rings is 1. The number of hydrogen-bond donors (Lipinski definition) is 1. The Morgan fingerprint density at radius 2 is 1.85 bits per heavy atom. The molecule has 1 aliphatic heterocycles. The molecule has 1 aromatic heterocycles. The van der Waals surface area contributed by atoms with Crippen LogP contribution in [0, 0.1) is 5.92 Å². The molecule has 0 spiro atoms. The largest absolute Gasteiger partial charge is 0.383 e. The number of aromatic nitrogens is 1. The van der Waals surface area contributed by atoms with Gasteiger partial charge in [0.2, 0.25) is 17.7 Å². The van der Waals surface area contributed by atoms with Gasteiger partial charge in [-0.1, -0.05) is 61.7 Å². The van der Waals surface area contributed by atoms with Gasteiger partial charge in [0.1, 0.15) is 6.54 Å². The Balaban J connectivity index is 1.20. The van der Waals surface area contributed by atoms with Crippen LogP contribution in [0.4, 0.5) is 5.13 Å². The summed E-state index contributed by atoms with van der Waals surface area (Å²) in [7, 11) is 1.59. The lowest BCUT2D eigenvalue weighted by molar-refractivity contribution is -0.140. The summed E-state index contributed by atoms with van der Waals surface area (Å²) in [6.07, 6.45) is 9.55. The lowest BCUT2D eigenvalue weighted by atomic mass is 9.88. The van der Waals surface area contributed by atoms with Gasteiger partial charge in [0, 0.05) is 57.7 Å². The lowest BCUT2D eigenvalue weighted by Gasteiger charge is -2.34. The van der Waals surface area contributed by atoms with Crippen LogP contribution < -0.4 is 5.32 Å². The summed E-state index contributed by atoms with van der Waals surface area (Å²) in [5.41, 5.74) is 1.83. The number of rotatable bonds is 12. The van der Waals surface area contributed by atoms with Crippen molar-refractivity contribution in [3.8, 4) is 0 Å². The van der Waals surface area contributed by atoms with Crippen molar-refractivity contribution in [2.45, 2.75) is 38.5 Å². The third-order valence-corrected chi connectivity index (χ3v) is 8.30. The van der Waals surface area contributed by atoms with Crippen molar-refractivity contribution in [2.24, 2.45) is 5.92 Å². The molecule has 4 rings (SSSR count). The first-order valence-electron chi connectivity index (χ1n) is 14.3. The van der Waals surface area contributed by atoms with E-state index >= 15 is 0 Å². The number of amides is 3. The fraction of sp³-hybridized carbons (Fsp3) is 0.533. The standard InChI is InChI=1S/C30H41N5O4S/c1-39-20-19-35(29(38)25-12-6-3-7-13-25)22-27(36)32-30-31-26(23-40-30)21-28(37)34-17-15-33(16-18-34)14-8-11-24-9-4-2-5-10-24/h2,4-5,8-11,23,25H,3,6-7,12-22H2,1H3,(H,31,32,36)/b11-8+. The van der Waals surface area contributed by atoms with Crippen molar-refractivity contribution in [3.63, 3.8) is 0 Å². The molecule has 0 radical (unpaired) electrons. The number of hydrogen-bond acceptors (Lipinski definition) is 7. The second-order valence-electron chi connectivity index (χ2n) is 10.5. The molecule has 1 saturated carbocycles. The number of anilines is 1. The van der Waals surface area contributed by atoms with E-state index in [0.29, 0.717) is 37.1 Å². The van der Waals surface area contributed by atoms with Gasteiger partial charge in [0.05, 0.1) is 18.7 Å². The second-order valence-corrected chi connectivity index (χ2v) is 11.3. The molecule has 0 unspecified atom stereocenters. The van der Waals surface area contributed by atoms with Gasteiger partial charge in [-0.15, -0.1) is 11.3 Å². The maximum absolute atomic E-state index is 13.0. The van der Waals surface area contributed by atoms with Gasteiger partial charge in [-0.2, -0.15) is 0 Å². The van der Waals surface area contributed by atoms with E-state index in [2.05, 4.69) is 39.5 Å². The number of carbonyl (C=O) groups excluding carboxylic acids is 3. The average molecular weight is 568 g/mol. The highest BCUT2D eigenvalue weighted by Gasteiger charge is 2.27. The normalized spacial score (nSPS) is 16.8. The van der Waals surface area contributed by atoms with Crippen molar-refractivity contribution >= 4 is 40.3 Å². The number of piperazine rings is 1. The molecule has 40 heavy (non-hydrogen) atoms. The summed E-state index contributed by atoms with van der Waals surface area (Å²) in [6, 6.07) is 10.2. The summed E-state index contributed by atoms with van der Waals surface area (Å²) in [4.78, 5) is 49.0. The number of carbonyl (C=O) groups is 3. The molecule has 2 fully saturated rings. The first-order chi connectivity index (χ1) is 19.5. The quantitative estimate of drug-likeness (QED) is 0.422. The monoisotopic (exact) mass is 567 g/mol. The van der Waals surface area contributed by atoms with Crippen LogP contribution in [0.2, 0.25) is 0 Å². The summed E-state index contributed by atoms with van der Waals surface area (Å²) in [5, 5.41) is 5.07. The average Bonchev–Trinajstić information content (AvgIpc) is 3.42. The maximum Gasteiger partial charge on any atom is 0.245 e. The highest BCUT2D eigenvalue weighted by molar-refractivity contribution is 7.13. The molecular weight excluding hydrogens is 526 g/mol. The van der Waals surface area contributed by atoms with Gasteiger partial charge < -0.3 is 19.9 Å². The Kier molecular flexibility index (Phi) is 11.7. The van der Waals surface area contributed by atoms with Crippen molar-refractivity contribution in [2.75, 3.05) is 64.8 Å². The highest BCUT2D eigenvalue weighted by Crippen LogP contribution is 2.25. The van der Waals surface area contributed by atoms with Crippen LogP contribution >= 0.6 is 11.3 Å². The summed E-state index contributed by atoms with van der Waals surface area (Å²) < 4.78 is 5.16. The summed E-state index contributed by atoms with van der Waals surface area (Å²) in [5.74, 6) is -0.218. The Labute approximate surface area is 241 Å². The van der Waals surface area contributed by atoms with Crippen LogP contribution in [0.5, 0.6) is 0 Å². The molecule has 2 aliphatic rings. The number of nitrogens with one attached hydrogen (secondary N) is 1. The zero-order chi connectivity index (χ0) is 28.2. The molecular formula is C30H41N5O4S. The van der Waals surface area contributed by atoms with Crippen LogP contribution in [0.15, 0.2) is 41.8 Å². The first-order valence-corrected chi connectivity index (χ1v) is 15.1. The van der Waals surface area contributed by atoms with E-state index in [4.69, 9.17) is 4.74 Å². The molecule has 10 heteroatoms. The molecule has 0 bridgehead atoms. The van der Waals surface area contributed by atoms with Crippen molar-refractivity contribution < 1.29 is 19.1 Å². The molecule has 2 heterocycles. The SMILES string of the molecule is COCCN(CC(=O)Nc1nc(CC(=O)N2CCN(C/C=C/c3ccccc3)CC2)cs1)C(=O)C1CCCCC1. The molecule has 0 atom stereocenters. The molecule has 1 N–H and O–H groups in total. The Hall–Kier alpha value is -3.08. The third kappa shape index (κ3) is 9.25. The van der Waals surface area contributed by atoms with Crippen molar-refractivity contribution in [3.05, 3.63) is 53.0 Å². The van der Waals surface area contributed by atoms with E-state index < -0.39 is 0 Å². The molecule has 1 aliphatic carbocycles. The second kappa shape index (κ2) is 15.6. The molecule has 1 saturated heterocycles.